The van der Waals surface area contributed by atoms with Gasteiger partial charge in [-0.25, -0.2) is 5.43 Å². The lowest BCUT2D eigenvalue weighted by Crippen LogP contribution is -2.41. The van der Waals surface area contributed by atoms with Crippen molar-refractivity contribution in [1.29, 1.82) is 0 Å². The molecule has 3 amide bonds. The normalized spacial score (nSPS) is 15.0. The Kier molecular flexibility index (Phi) is 18.6. The number of nitrogens with zero attached hydrogens (tertiary/aromatic N) is 6. The Balaban J connectivity index is 1.10. The van der Waals surface area contributed by atoms with Crippen LogP contribution in [0.25, 0.3) is 10.4 Å². The number of carbonyl (C=O) groups is 3. The summed E-state index contributed by atoms with van der Waals surface area (Å²) in [5.74, 6) is -1.19. The molecule has 0 saturated carbocycles. The highest BCUT2D eigenvalue weighted by atomic mass is 35.5. The summed E-state index contributed by atoms with van der Waals surface area (Å²) in [5.41, 5.74) is 12.2. The number of hydrogen-bond donors (Lipinski definition) is 3. The first-order chi connectivity index (χ1) is 29.5. The molecule has 2 aliphatic rings. The van der Waals surface area contributed by atoms with Gasteiger partial charge in [0.15, 0.2) is 0 Å². The fraction of sp³-hybridized carbons (Fsp3) is 0.476. The topological polar surface area (TPSA) is 183 Å². The first kappa shape index (κ1) is 46.8. The van der Waals surface area contributed by atoms with Crippen molar-refractivity contribution in [2.75, 3.05) is 89.1 Å². The molecule has 0 spiro atoms. The van der Waals surface area contributed by atoms with Crippen molar-refractivity contribution in [1.82, 2.24) is 15.6 Å². The minimum absolute atomic E-state index is 0.000875. The summed E-state index contributed by atoms with van der Waals surface area (Å²) in [7, 11) is 0. The largest absolute Gasteiger partial charge is 0.417 e. The average molecular weight is 870 g/mol. The van der Waals surface area contributed by atoms with Gasteiger partial charge in [-0.1, -0.05) is 34.9 Å². The second-order valence-corrected chi connectivity index (χ2v) is 14.9. The van der Waals surface area contributed by atoms with E-state index in [1.54, 1.807) is 30.3 Å². The third-order valence-corrected chi connectivity index (χ3v) is 10.5. The number of ether oxygens (including phenoxy) is 3. The maximum absolute atomic E-state index is 13.6. The Morgan fingerprint density at radius 1 is 0.869 bits per heavy atom. The molecule has 2 heterocycles. The van der Waals surface area contributed by atoms with E-state index in [0.29, 0.717) is 84.2 Å². The molecule has 0 atom stereocenters. The zero-order valence-electron chi connectivity index (χ0n) is 33.8. The molecule has 2 fully saturated rings. The monoisotopic (exact) mass is 869 g/mol. The smallest absolute Gasteiger partial charge is 0.379 e. The first-order valence-electron chi connectivity index (χ1n) is 20.3. The molecular weight excluding hydrogens is 819 g/mol. The second kappa shape index (κ2) is 24.3. The molecule has 0 bridgehead atoms. The number of nitrogens with one attached hydrogen (secondary N) is 3. The van der Waals surface area contributed by atoms with E-state index in [0.717, 1.165) is 62.0 Å². The van der Waals surface area contributed by atoms with Crippen LogP contribution in [-0.4, -0.2) is 108 Å². The third-order valence-electron chi connectivity index (χ3n) is 10.1. The molecule has 0 aromatic heterocycles. The number of hydrogen-bond acceptors (Lipinski definition) is 10. The van der Waals surface area contributed by atoms with Crippen molar-refractivity contribution in [2.45, 2.75) is 44.8 Å². The zero-order chi connectivity index (χ0) is 43.5. The minimum atomic E-state index is -4.66. The third kappa shape index (κ3) is 15.3. The summed E-state index contributed by atoms with van der Waals surface area (Å²) in [6, 6.07) is 15.7. The lowest BCUT2D eigenvalue weighted by atomic mass is 9.95. The number of carbonyl (C=O) groups excluding carboxylic acids is 3. The van der Waals surface area contributed by atoms with Crippen LogP contribution in [0.3, 0.4) is 0 Å². The van der Waals surface area contributed by atoms with Gasteiger partial charge in [-0.3, -0.25) is 19.3 Å². The zero-order valence-corrected chi connectivity index (χ0v) is 34.6. The van der Waals surface area contributed by atoms with Gasteiger partial charge in [0.1, 0.15) is 0 Å². The quantitative estimate of drug-likeness (QED) is 0.0254. The molecule has 61 heavy (non-hydrogen) atoms. The van der Waals surface area contributed by atoms with Crippen LogP contribution in [0.2, 0.25) is 5.02 Å². The molecule has 15 nitrogen and oxygen atoms in total. The SMILES string of the molecule is [N-]=[N+]=NCCOCCOCCOCCNC(=O)C1CCN(Cc2cccc(C(=O)Nc3ccc(N4CCCCC4)cc3C(=O)N/N=C/c3ccc(Cl)c(C(F)(F)F)c3)c2)CC1. The van der Waals surface area contributed by atoms with Crippen LogP contribution in [0.1, 0.15) is 69.5 Å². The highest BCUT2D eigenvalue weighted by molar-refractivity contribution is 6.31. The number of benzene rings is 3. The van der Waals surface area contributed by atoms with Crippen LogP contribution in [-0.2, 0) is 31.7 Å². The van der Waals surface area contributed by atoms with E-state index in [1.807, 2.05) is 12.1 Å². The van der Waals surface area contributed by atoms with Gasteiger partial charge in [0.05, 0.1) is 67.7 Å². The average Bonchev–Trinajstić information content (AvgIpc) is 3.26. The van der Waals surface area contributed by atoms with E-state index in [4.69, 9.17) is 31.3 Å². The molecule has 328 valence electrons. The lowest BCUT2D eigenvalue weighted by Gasteiger charge is -2.31. The van der Waals surface area contributed by atoms with E-state index < -0.39 is 28.6 Å². The number of halogens is 4. The van der Waals surface area contributed by atoms with Crippen molar-refractivity contribution in [3.63, 3.8) is 0 Å². The molecule has 3 N–H and O–H groups in total. The van der Waals surface area contributed by atoms with Crippen LogP contribution in [0.5, 0.6) is 0 Å². The predicted molar refractivity (Wildman–Crippen MR) is 226 cm³/mol. The van der Waals surface area contributed by atoms with Gasteiger partial charge < -0.3 is 29.7 Å². The number of amides is 3. The van der Waals surface area contributed by atoms with E-state index in [1.165, 1.54) is 6.07 Å². The summed E-state index contributed by atoms with van der Waals surface area (Å²) < 4.78 is 56.3. The molecule has 0 aliphatic carbocycles. The van der Waals surface area contributed by atoms with E-state index in [2.05, 4.69) is 41.0 Å². The van der Waals surface area contributed by atoms with Crippen molar-refractivity contribution >= 4 is 46.9 Å². The van der Waals surface area contributed by atoms with Crippen LogP contribution in [0.15, 0.2) is 70.9 Å². The molecule has 0 unspecified atom stereocenters. The molecule has 3 aromatic carbocycles. The van der Waals surface area contributed by atoms with Crippen molar-refractivity contribution in [3.05, 3.63) is 104 Å². The van der Waals surface area contributed by atoms with Crippen molar-refractivity contribution < 1.29 is 41.8 Å². The Morgan fingerprint density at radius 3 is 2.31 bits per heavy atom. The standard InChI is InChI=1S/C42H51ClF3N9O6/c43-37-9-7-30(26-36(37)42(44,45)46)28-50-52-41(58)35-27-34(55-15-2-1-3-16-55)8-10-38(35)51-40(57)33-6-4-5-31(25-33)29-54-17-11-32(12-18-54)39(56)48-13-19-59-21-23-61-24-22-60-20-14-49-53-47/h4-10,25-28,32H,1-3,11-24,29H2,(H,48,56)(H,51,57)(H,52,58)/b50-28+. The number of anilines is 2. The Morgan fingerprint density at radius 2 is 1.59 bits per heavy atom. The number of piperidine rings is 2. The summed E-state index contributed by atoms with van der Waals surface area (Å²) >= 11 is 5.74. The molecule has 0 radical (unpaired) electrons. The number of azide groups is 1. The van der Waals surface area contributed by atoms with Gasteiger partial charge in [0.2, 0.25) is 5.91 Å². The number of rotatable bonds is 21. The van der Waals surface area contributed by atoms with Gasteiger partial charge in [-0.05, 0) is 104 Å². The van der Waals surface area contributed by atoms with Crippen LogP contribution >= 0.6 is 11.6 Å². The molecular formula is C42H51ClF3N9O6. The van der Waals surface area contributed by atoms with Gasteiger partial charge in [-0.15, -0.1) is 0 Å². The Hall–Kier alpha value is -5.23. The highest BCUT2D eigenvalue weighted by Gasteiger charge is 2.33. The summed E-state index contributed by atoms with van der Waals surface area (Å²) in [5, 5.41) is 12.7. The Labute approximate surface area is 357 Å². The van der Waals surface area contributed by atoms with Gasteiger partial charge in [-0.2, -0.15) is 18.3 Å². The molecule has 19 heteroatoms. The number of likely N-dealkylation sites (tertiary alicyclic amines) is 1. The Bertz CT molecular complexity index is 2000. The van der Waals surface area contributed by atoms with Crippen LogP contribution in [0, 0.1) is 5.92 Å². The van der Waals surface area contributed by atoms with Crippen LogP contribution in [0.4, 0.5) is 24.5 Å². The fourth-order valence-electron chi connectivity index (χ4n) is 6.94. The maximum Gasteiger partial charge on any atom is 0.417 e. The van der Waals surface area contributed by atoms with Gasteiger partial charge in [0.25, 0.3) is 11.8 Å². The summed E-state index contributed by atoms with van der Waals surface area (Å²) in [6.07, 6.45) is 0.950. The van der Waals surface area contributed by atoms with E-state index in [-0.39, 0.29) is 35.2 Å². The first-order valence-corrected chi connectivity index (χ1v) is 20.6. The number of alkyl halides is 3. The summed E-state index contributed by atoms with van der Waals surface area (Å²) in [6.45, 7) is 6.64. The number of hydrazone groups is 1. The minimum Gasteiger partial charge on any atom is -0.379 e. The molecule has 2 saturated heterocycles. The summed E-state index contributed by atoms with van der Waals surface area (Å²) in [4.78, 5) is 47.0. The highest BCUT2D eigenvalue weighted by Crippen LogP contribution is 2.35. The lowest BCUT2D eigenvalue weighted by molar-refractivity contribution is -0.137. The fourth-order valence-corrected chi connectivity index (χ4v) is 7.17. The molecule has 2 aliphatic heterocycles. The van der Waals surface area contributed by atoms with Crippen LogP contribution < -0.4 is 21.0 Å². The second-order valence-electron chi connectivity index (χ2n) is 14.5. The molecule has 5 rings (SSSR count). The van der Waals surface area contributed by atoms with Crippen molar-refractivity contribution in [2.24, 2.45) is 16.1 Å². The predicted octanol–water partition coefficient (Wildman–Crippen LogP) is 7.05. The van der Waals surface area contributed by atoms with Gasteiger partial charge in [0, 0.05) is 54.8 Å². The van der Waals surface area contributed by atoms with E-state index >= 15 is 0 Å². The van der Waals surface area contributed by atoms with Crippen molar-refractivity contribution in [3.8, 4) is 0 Å². The molecule has 3 aromatic rings. The maximum atomic E-state index is 13.6. The van der Waals surface area contributed by atoms with E-state index in [9.17, 15) is 27.6 Å². The van der Waals surface area contributed by atoms with Gasteiger partial charge >= 0.3 is 6.18 Å².